The molecule has 3 rings (SSSR count). The normalized spacial score (nSPS) is 19.0. The van der Waals surface area contributed by atoms with Crippen LogP contribution in [0.2, 0.25) is 0 Å². The van der Waals surface area contributed by atoms with Gasteiger partial charge in [0.05, 0.1) is 17.2 Å². The third-order valence-corrected chi connectivity index (χ3v) is 3.44. The van der Waals surface area contributed by atoms with E-state index in [1.807, 2.05) is 12.1 Å². The van der Waals surface area contributed by atoms with Gasteiger partial charge in [0.15, 0.2) is 0 Å². The van der Waals surface area contributed by atoms with E-state index in [1.54, 1.807) is 12.1 Å². The summed E-state index contributed by atoms with van der Waals surface area (Å²) in [7, 11) is 0. The number of carbonyl (C=O) groups excluding carboxylic acids is 1. The summed E-state index contributed by atoms with van der Waals surface area (Å²) in [4.78, 5) is 21.3. The van der Waals surface area contributed by atoms with Crippen molar-refractivity contribution in [2.75, 3.05) is 18.4 Å². The van der Waals surface area contributed by atoms with Crippen LogP contribution < -0.4 is 5.32 Å². The number of rotatable bonds is 3. The van der Waals surface area contributed by atoms with Gasteiger partial charge in [-0.1, -0.05) is 12.1 Å². The first-order valence-corrected chi connectivity index (χ1v) is 6.76. The molecule has 0 bridgehead atoms. The van der Waals surface area contributed by atoms with Crippen LogP contribution in [0.25, 0.3) is 11.0 Å². The minimum Gasteiger partial charge on any atom is -0.357 e. The van der Waals surface area contributed by atoms with Crippen LogP contribution >= 0.6 is 0 Å². The molecule has 1 aromatic heterocycles. The summed E-state index contributed by atoms with van der Waals surface area (Å²) >= 11 is 0. The first-order valence-electron chi connectivity index (χ1n) is 6.76. The molecule has 1 atom stereocenters. The Balaban J connectivity index is 1.71. The minimum atomic E-state index is -4.38. The predicted molar refractivity (Wildman–Crippen MR) is 74.2 cm³/mol. The van der Waals surface area contributed by atoms with E-state index in [-0.39, 0.29) is 6.54 Å². The number of nitrogens with one attached hydrogen (secondary N) is 1. The number of halogens is 3. The predicted octanol–water partition coefficient (Wildman–Crippen LogP) is 2.20. The van der Waals surface area contributed by atoms with E-state index in [4.69, 9.17) is 0 Å². The van der Waals surface area contributed by atoms with Crippen molar-refractivity contribution >= 4 is 22.8 Å². The van der Waals surface area contributed by atoms with Crippen molar-refractivity contribution in [2.45, 2.75) is 18.6 Å². The Morgan fingerprint density at radius 1 is 1.27 bits per heavy atom. The number of aromatic nitrogens is 2. The molecule has 0 spiro atoms. The fourth-order valence-electron chi connectivity index (χ4n) is 2.45. The number of fused-ring (bicyclic) bond motifs is 1. The van der Waals surface area contributed by atoms with Crippen LogP contribution in [0, 0.1) is 0 Å². The molecule has 0 saturated carbocycles. The largest absolute Gasteiger partial charge is 0.406 e. The van der Waals surface area contributed by atoms with E-state index < -0.39 is 24.7 Å². The molecule has 1 saturated heterocycles. The van der Waals surface area contributed by atoms with E-state index in [1.165, 1.54) is 6.20 Å². The Morgan fingerprint density at radius 3 is 2.73 bits per heavy atom. The molecule has 2 heterocycles. The molecule has 8 heteroatoms. The third kappa shape index (κ3) is 3.10. The van der Waals surface area contributed by atoms with Gasteiger partial charge in [-0.25, -0.2) is 4.98 Å². The zero-order valence-corrected chi connectivity index (χ0v) is 11.5. The maximum absolute atomic E-state index is 12.4. The molecule has 1 aromatic carbocycles. The van der Waals surface area contributed by atoms with E-state index in [9.17, 15) is 18.0 Å². The summed E-state index contributed by atoms with van der Waals surface area (Å²) in [5.41, 5.74) is 1.37. The first kappa shape index (κ1) is 14.6. The summed E-state index contributed by atoms with van der Waals surface area (Å²) in [6.07, 6.45) is -2.60. The number of hydrogen-bond donors (Lipinski definition) is 1. The summed E-state index contributed by atoms with van der Waals surface area (Å²) in [6.45, 7) is -1.13. The Morgan fingerprint density at radius 2 is 2.00 bits per heavy atom. The number of hydrogen-bond acceptors (Lipinski definition) is 4. The molecule has 1 fully saturated rings. The van der Waals surface area contributed by atoms with Crippen LogP contribution in [0.5, 0.6) is 0 Å². The van der Waals surface area contributed by atoms with Crippen molar-refractivity contribution in [2.24, 2.45) is 0 Å². The topological polar surface area (TPSA) is 58.1 Å². The second-order valence-corrected chi connectivity index (χ2v) is 5.10. The van der Waals surface area contributed by atoms with Crippen LogP contribution in [0.3, 0.4) is 0 Å². The van der Waals surface area contributed by atoms with Gasteiger partial charge in [0, 0.05) is 6.54 Å². The van der Waals surface area contributed by atoms with Crippen LogP contribution in [0.15, 0.2) is 30.5 Å². The maximum Gasteiger partial charge on any atom is 0.406 e. The summed E-state index contributed by atoms with van der Waals surface area (Å²) in [5, 5.41) is 2.87. The van der Waals surface area contributed by atoms with Crippen molar-refractivity contribution in [3.63, 3.8) is 0 Å². The Bertz CT molecular complexity index is 704. The molecule has 0 radical (unpaired) electrons. The third-order valence-electron chi connectivity index (χ3n) is 3.44. The Hall–Kier alpha value is -2.38. The molecule has 1 aliphatic rings. The highest BCUT2D eigenvalue weighted by atomic mass is 19.4. The van der Waals surface area contributed by atoms with E-state index in [0.29, 0.717) is 23.3 Å². The molecule has 22 heavy (non-hydrogen) atoms. The van der Waals surface area contributed by atoms with Crippen LogP contribution in [0.1, 0.15) is 6.42 Å². The number of para-hydroxylation sites is 2. The molecular weight excluding hydrogens is 297 g/mol. The first-order chi connectivity index (χ1) is 10.4. The average molecular weight is 310 g/mol. The fraction of sp³-hybridized carbons (Fsp3) is 0.357. The van der Waals surface area contributed by atoms with E-state index in [0.717, 1.165) is 4.90 Å². The Labute approximate surface area is 124 Å². The summed E-state index contributed by atoms with van der Waals surface area (Å²) in [5.74, 6) is -0.182. The lowest BCUT2D eigenvalue weighted by Gasteiger charge is -2.18. The second kappa shape index (κ2) is 5.43. The van der Waals surface area contributed by atoms with Gasteiger partial charge in [0.1, 0.15) is 18.4 Å². The van der Waals surface area contributed by atoms with Gasteiger partial charge in [-0.2, -0.15) is 13.2 Å². The molecular formula is C14H13F3N4O. The summed E-state index contributed by atoms with van der Waals surface area (Å²) in [6, 6.07) is 6.53. The molecule has 0 aliphatic carbocycles. The molecule has 1 unspecified atom stereocenters. The molecule has 1 amide bonds. The number of benzene rings is 1. The SMILES string of the molecule is O=C1C(Nc2cnc3ccccc3n2)CCN1CC(F)(F)F. The van der Waals surface area contributed by atoms with Gasteiger partial charge in [0.2, 0.25) is 5.91 Å². The standard InChI is InChI=1S/C14H13F3N4O/c15-14(16,17)8-21-6-5-11(13(21)22)20-12-7-18-9-3-1-2-4-10(9)19-12/h1-4,7,11H,5-6,8H2,(H,19,20). The number of anilines is 1. The van der Waals surface area contributed by atoms with E-state index in [2.05, 4.69) is 15.3 Å². The Kier molecular flexibility index (Phi) is 3.59. The lowest BCUT2D eigenvalue weighted by molar-refractivity contribution is -0.157. The number of carbonyl (C=O) groups is 1. The highest BCUT2D eigenvalue weighted by molar-refractivity contribution is 5.87. The maximum atomic E-state index is 12.4. The van der Waals surface area contributed by atoms with Crippen molar-refractivity contribution in [3.8, 4) is 0 Å². The zero-order valence-electron chi connectivity index (χ0n) is 11.5. The molecule has 5 nitrogen and oxygen atoms in total. The number of likely N-dealkylation sites (tertiary alicyclic amines) is 1. The quantitative estimate of drug-likeness (QED) is 0.944. The lowest BCUT2D eigenvalue weighted by Crippen LogP contribution is -2.39. The van der Waals surface area contributed by atoms with Crippen molar-refractivity contribution in [1.29, 1.82) is 0 Å². The van der Waals surface area contributed by atoms with Gasteiger partial charge in [-0.15, -0.1) is 0 Å². The molecule has 116 valence electrons. The lowest BCUT2D eigenvalue weighted by atomic mass is 10.2. The minimum absolute atomic E-state index is 0.0804. The smallest absolute Gasteiger partial charge is 0.357 e. The average Bonchev–Trinajstić information content (AvgIpc) is 2.78. The van der Waals surface area contributed by atoms with Crippen molar-refractivity contribution in [3.05, 3.63) is 30.5 Å². The van der Waals surface area contributed by atoms with Gasteiger partial charge in [0.25, 0.3) is 0 Å². The molecule has 1 aliphatic heterocycles. The number of amides is 1. The molecule has 1 N–H and O–H groups in total. The van der Waals surface area contributed by atoms with E-state index >= 15 is 0 Å². The van der Waals surface area contributed by atoms with Crippen molar-refractivity contribution in [1.82, 2.24) is 14.9 Å². The molecule has 2 aromatic rings. The van der Waals surface area contributed by atoms with Crippen LogP contribution in [-0.2, 0) is 4.79 Å². The van der Waals surface area contributed by atoms with Crippen LogP contribution in [-0.4, -0.2) is 46.1 Å². The highest BCUT2D eigenvalue weighted by Crippen LogP contribution is 2.22. The van der Waals surface area contributed by atoms with Gasteiger partial charge < -0.3 is 10.2 Å². The van der Waals surface area contributed by atoms with Gasteiger partial charge >= 0.3 is 6.18 Å². The second-order valence-electron chi connectivity index (χ2n) is 5.10. The monoisotopic (exact) mass is 310 g/mol. The fourth-order valence-corrected chi connectivity index (χ4v) is 2.45. The van der Waals surface area contributed by atoms with Gasteiger partial charge in [-0.3, -0.25) is 9.78 Å². The number of alkyl halides is 3. The van der Waals surface area contributed by atoms with Crippen LogP contribution in [0.4, 0.5) is 19.0 Å². The van der Waals surface area contributed by atoms with Gasteiger partial charge in [-0.05, 0) is 18.6 Å². The zero-order chi connectivity index (χ0) is 15.7. The highest BCUT2D eigenvalue weighted by Gasteiger charge is 2.39. The van der Waals surface area contributed by atoms with Crippen molar-refractivity contribution < 1.29 is 18.0 Å². The number of nitrogens with zero attached hydrogens (tertiary/aromatic N) is 3. The summed E-state index contributed by atoms with van der Waals surface area (Å²) < 4.78 is 37.1.